The Morgan fingerprint density at radius 3 is 2.63 bits per heavy atom. The van der Waals surface area contributed by atoms with Crippen molar-refractivity contribution in [2.75, 3.05) is 0 Å². The highest BCUT2D eigenvalue weighted by Crippen LogP contribution is 2.37. The normalized spacial score (nSPS) is 21.5. The van der Waals surface area contributed by atoms with Crippen LogP contribution in [0.15, 0.2) is 39.7 Å². The van der Waals surface area contributed by atoms with Crippen molar-refractivity contribution in [1.82, 2.24) is 0 Å². The van der Waals surface area contributed by atoms with Crippen molar-refractivity contribution in [3.8, 4) is 0 Å². The van der Waals surface area contributed by atoms with Gasteiger partial charge in [0.05, 0.1) is 16.6 Å². The number of halogens is 1. The Hall–Kier alpha value is -1.06. The minimum atomic E-state index is -0.0798. The van der Waals surface area contributed by atoms with Gasteiger partial charge in [0.15, 0.2) is 0 Å². The van der Waals surface area contributed by atoms with Gasteiger partial charge in [-0.1, -0.05) is 28.9 Å². The molecule has 0 aromatic heterocycles. The van der Waals surface area contributed by atoms with Gasteiger partial charge in [-0.3, -0.25) is 0 Å². The van der Waals surface area contributed by atoms with Gasteiger partial charge in [0.25, 0.3) is 0 Å². The molecule has 4 heteroatoms. The highest BCUT2D eigenvalue weighted by molar-refractivity contribution is 8.17. The average molecular weight is 294 g/mol. The van der Waals surface area contributed by atoms with Gasteiger partial charge in [-0.15, -0.1) is 0 Å². The van der Waals surface area contributed by atoms with Crippen LogP contribution in [0, 0.1) is 5.92 Å². The van der Waals surface area contributed by atoms with Gasteiger partial charge >= 0.3 is 0 Å². The largest absolute Gasteiger partial charge is 0.303 e. The van der Waals surface area contributed by atoms with Crippen molar-refractivity contribution >= 4 is 40.4 Å². The highest BCUT2D eigenvalue weighted by Gasteiger charge is 2.24. The summed E-state index contributed by atoms with van der Waals surface area (Å²) in [5.74, 6) is -0.0798. The maximum absolute atomic E-state index is 11.2. The monoisotopic (exact) mass is 293 g/mol. The molecule has 0 spiro atoms. The van der Waals surface area contributed by atoms with Crippen LogP contribution in [0.4, 0.5) is 5.69 Å². The second kappa shape index (κ2) is 6.40. The molecule has 0 N–H and O–H groups in total. The maximum Gasteiger partial charge on any atom is 0.129 e. The second-order valence-corrected chi connectivity index (χ2v) is 6.28. The molecule has 1 unspecified atom stereocenters. The van der Waals surface area contributed by atoms with Crippen LogP contribution in [0.25, 0.3) is 0 Å². The fraction of sp³-hybridized carbons (Fsp3) is 0.333. The molecule has 0 aliphatic carbocycles. The molecular formula is C15H16ClNOS. The lowest BCUT2D eigenvalue weighted by Crippen LogP contribution is -2.17. The van der Waals surface area contributed by atoms with Gasteiger partial charge in [-0.25, -0.2) is 4.99 Å². The van der Waals surface area contributed by atoms with Gasteiger partial charge in [0, 0.05) is 5.02 Å². The summed E-state index contributed by atoms with van der Waals surface area (Å²) < 4.78 is 0. The number of hydrogen-bond acceptors (Lipinski definition) is 3. The Bertz CT molecular complexity index is 530. The minimum Gasteiger partial charge on any atom is -0.303 e. The molecule has 2 nitrogen and oxygen atoms in total. The summed E-state index contributed by atoms with van der Waals surface area (Å²) in [6.07, 6.45) is 2.82. The number of hydrogen-bond donors (Lipinski definition) is 0. The van der Waals surface area contributed by atoms with Crippen LogP contribution in [0.1, 0.15) is 26.7 Å². The Morgan fingerprint density at radius 2 is 2.05 bits per heavy atom. The summed E-state index contributed by atoms with van der Waals surface area (Å²) in [6.45, 7) is 4.20. The number of aldehydes is 1. The zero-order valence-electron chi connectivity index (χ0n) is 11.0. The molecule has 0 saturated carbocycles. The van der Waals surface area contributed by atoms with Gasteiger partial charge in [-0.2, -0.15) is 0 Å². The van der Waals surface area contributed by atoms with Crippen LogP contribution in [-0.4, -0.2) is 11.3 Å². The van der Waals surface area contributed by atoms with E-state index in [2.05, 4.69) is 18.8 Å². The molecule has 1 atom stereocenters. The lowest BCUT2D eigenvalue weighted by molar-refractivity contribution is -0.109. The van der Waals surface area contributed by atoms with Crippen molar-refractivity contribution in [3.05, 3.63) is 39.8 Å². The van der Waals surface area contributed by atoms with E-state index in [1.807, 2.05) is 24.3 Å². The second-order valence-electron chi connectivity index (χ2n) is 4.73. The maximum atomic E-state index is 11.2. The first-order valence-corrected chi connectivity index (χ1v) is 7.43. The summed E-state index contributed by atoms with van der Waals surface area (Å²) in [7, 11) is 0. The number of nitrogens with zero attached hydrogens (tertiary/aromatic N) is 1. The summed E-state index contributed by atoms with van der Waals surface area (Å²) >= 11 is 7.49. The van der Waals surface area contributed by atoms with Crippen molar-refractivity contribution in [1.29, 1.82) is 0 Å². The predicted molar refractivity (Wildman–Crippen MR) is 83.3 cm³/mol. The van der Waals surface area contributed by atoms with Crippen LogP contribution in [0.3, 0.4) is 0 Å². The molecule has 1 aliphatic rings. The topological polar surface area (TPSA) is 29.4 Å². The third-order valence-electron chi connectivity index (χ3n) is 3.02. The van der Waals surface area contributed by atoms with E-state index in [0.29, 0.717) is 5.02 Å². The van der Waals surface area contributed by atoms with Gasteiger partial charge in [0.1, 0.15) is 6.29 Å². The first-order valence-electron chi connectivity index (χ1n) is 6.24. The number of aliphatic imine (C=N–C) groups is 1. The molecule has 0 amide bonds. The van der Waals surface area contributed by atoms with Crippen LogP contribution in [-0.2, 0) is 4.79 Å². The Morgan fingerprint density at radius 1 is 1.37 bits per heavy atom. The van der Waals surface area contributed by atoms with E-state index in [4.69, 9.17) is 11.6 Å². The van der Waals surface area contributed by atoms with Crippen molar-refractivity contribution in [2.45, 2.75) is 26.7 Å². The van der Waals surface area contributed by atoms with Gasteiger partial charge in [-0.05, 0) is 55.9 Å². The number of rotatable bonds is 2. The average Bonchev–Trinajstić information content (AvgIpc) is 2.41. The molecule has 19 heavy (non-hydrogen) atoms. The number of benzene rings is 1. The molecule has 0 radical (unpaired) electrons. The van der Waals surface area contributed by atoms with E-state index < -0.39 is 0 Å². The first-order chi connectivity index (χ1) is 9.10. The van der Waals surface area contributed by atoms with Crippen molar-refractivity contribution in [2.24, 2.45) is 10.9 Å². The lowest BCUT2D eigenvalue weighted by Gasteiger charge is -2.22. The molecule has 1 aliphatic heterocycles. The van der Waals surface area contributed by atoms with E-state index in [9.17, 15) is 4.79 Å². The molecule has 1 fully saturated rings. The third kappa shape index (κ3) is 3.71. The van der Waals surface area contributed by atoms with E-state index in [1.54, 1.807) is 11.8 Å². The molecule has 0 bridgehead atoms. The van der Waals surface area contributed by atoms with E-state index in [1.165, 1.54) is 10.5 Å². The number of allylic oxidation sites excluding steroid dienone is 2. The van der Waals surface area contributed by atoms with E-state index in [0.717, 1.165) is 29.9 Å². The number of carbonyl (C=O) groups excluding carboxylic acids is 1. The Balaban J connectivity index is 2.30. The van der Waals surface area contributed by atoms with Gasteiger partial charge < -0.3 is 4.79 Å². The number of carbonyl (C=O) groups is 1. The van der Waals surface area contributed by atoms with Crippen molar-refractivity contribution in [3.63, 3.8) is 0 Å². The lowest BCUT2D eigenvalue weighted by atomic mass is 10.0. The molecule has 2 rings (SSSR count). The minimum absolute atomic E-state index is 0.0798. The van der Waals surface area contributed by atoms with Crippen LogP contribution in [0.2, 0.25) is 5.02 Å². The van der Waals surface area contributed by atoms with Crippen LogP contribution >= 0.6 is 23.4 Å². The van der Waals surface area contributed by atoms with Crippen molar-refractivity contribution < 1.29 is 4.79 Å². The van der Waals surface area contributed by atoms with E-state index >= 15 is 0 Å². The van der Waals surface area contributed by atoms with E-state index in [-0.39, 0.29) is 5.92 Å². The summed E-state index contributed by atoms with van der Waals surface area (Å²) in [6, 6.07) is 7.36. The smallest absolute Gasteiger partial charge is 0.129 e. The molecule has 1 aromatic carbocycles. The third-order valence-corrected chi connectivity index (χ3v) is 4.73. The Labute approximate surface area is 123 Å². The fourth-order valence-electron chi connectivity index (χ4n) is 1.89. The zero-order chi connectivity index (χ0) is 13.8. The van der Waals surface area contributed by atoms with Gasteiger partial charge in [0.2, 0.25) is 0 Å². The molecule has 100 valence electrons. The first kappa shape index (κ1) is 14.4. The highest BCUT2D eigenvalue weighted by atomic mass is 35.5. The molecule has 1 aromatic rings. The van der Waals surface area contributed by atoms with Crippen LogP contribution < -0.4 is 0 Å². The standard InChI is InChI=1S/C15H16ClNOS/c1-10(2)14-8-3-11(9-18)15(19-14)17-13-6-4-12(16)5-7-13/h4-7,9,11H,3,8H2,1-2H3. The fourth-order valence-corrected chi connectivity index (χ4v) is 3.17. The number of thioether (sulfide) groups is 1. The Kier molecular flexibility index (Phi) is 4.83. The molecular weight excluding hydrogens is 278 g/mol. The molecule has 1 saturated heterocycles. The zero-order valence-corrected chi connectivity index (χ0v) is 12.6. The predicted octanol–water partition coefficient (Wildman–Crippen LogP) is 5.01. The quantitative estimate of drug-likeness (QED) is 0.718. The van der Waals surface area contributed by atoms with Crippen LogP contribution in [0.5, 0.6) is 0 Å². The summed E-state index contributed by atoms with van der Waals surface area (Å²) in [5.41, 5.74) is 2.15. The molecule has 1 heterocycles. The SMILES string of the molecule is CC(C)=C1CCC(C=O)C(=Nc2ccc(Cl)cc2)S1. The summed E-state index contributed by atoms with van der Waals surface area (Å²) in [4.78, 5) is 17.1. The summed E-state index contributed by atoms with van der Waals surface area (Å²) in [5, 5.41) is 1.58.